The minimum Gasteiger partial charge on any atom is -0.325 e. The van der Waals surface area contributed by atoms with E-state index in [2.05, 4.69) is 13.8 Å². The molecule has 1 nitrogen and oxygen atoms in total. The molecule has 1 fully saturated rings. The zero-order chi connectivity index (χ0) is 14.0. The summed E-state index contributed by atoms with van der Waals surface area (Å²) in [5.74, 6) is 1.44. The molecule has 1 aromatic carbocycles. The van der Waals surface area contributed by atoms with Crippen molar-refractivity contribution in [3.05, 3.63) is 33.8 Å². The Kier molecular flexibility index (Phi) is 4.81. The summed E-state index contributed by atoms with van der Waals surface area (Å²) in [5.41, 5.74) is 7.60. The lowest BCUT2D eigenvalue weighted by Gasteiger charge is -2.40. The van der Waals surface area contributed by atoms with Crippen LogP contribution in [0.25, 0.3) is 0 Å². The van der Waals surface area contributed by atoms with E-state index >= 15 is 0 Å². The summed E-state index contributed by atoms with van der Waals surface area (Å²) in [6.45, 7) is 4.59. The Hall–Kier alpha value is -0.240. The first-order valence-electron chi connectivity index (χ1n) is 7.13. The number of hydrogen-bond donors (Lipinski definition) is 1. The van der Waals surface area contributed by atoms with Gasteiger partial charge in [0.15, 0.2) is 0 Å². The van der Waals surface area contributed by atoms with Crippen LogP contribution < -0.4 is 5.73 Å². The maximum absolute atomic E-state index is 6.64. The smallest absolute Gasteiger partial charge is 0.0624 e. The van der Waals surface area contributed by atoms with Gasteiger partial charge in [-0.3, -0.25) is 0 Å². The topological polar surface area (TPSA) is 26.0 Å². The molecule has 0 amide bonds. The summed E-state index contributed by atoms with van der Waals surface area (Å²) in [5, 5.41) is 1.29. The fraction of sp³-hybridized carbons (Fsp3) is 0.625. The number of rotatable bonds is 3. The average Bonchev–Trinajstić information content (AvgIpc) is 2.35. The molecule has 0 radical (unpaired) electrons. The summed E-state index contributed by atoms with van der Waals surface area (Å²) in [4.78, 5) is 0. The molecule has 0 heterocycles. The number of nitrogens with two attached hydrogens (primary N) is 1. The minimum atomic E-state index is -0.124. The molecule has 0 aromatic heterocycles. The monoisotopic (exact) mass is 299 g/mol. The second kappa shape index (κ2) is 6.03. The van der Waals surface area contributed by atoms with Crippen LogP contribution >= 0.6 is 23.2 Å². The summed E-state index contributed by atoms with van der Waals surface area (Å²) in [7, 11) is 0. The van der Waals surface area contributed by atoms with Crippen molar-refractivity contribution in [2.24, 2.45) is 17.6 Å². The molecule has 2 atom stereocenters. The second-order valence-electron chi connectivity index (χ2n) is 6.35. The molecule has 1 saturated carbocycles. The molecule has 1 aliphatic carbocycles. The van der Waals surface area contributed by atoms with Gasteiger partial charge in [0.1, 0.15) is 0 Å². The van der Waals surface area contributed by atoms with E-state index in [0.29, 0.717) is 16.0 Å². The molecule has 0 aliphatic heterocycles. The first-order valence-corrected chi connectivity index (χ1v) is 7.89. The van der Waals surface area contributed by atoms with Gasteiger partial charge in [-0.15, -0.1) is 0 Å². The maximum atomic E-state index is 6.64. The number of halogens is 2. The lowest BCUT2D eigenvalue weighted by Crippen LogP contribution is -2.47. The fourth-order valence-corrected chi connectivity index (χ4v) is 3.62. The lowest BCUT2D eigenvalue weighted by atomic mass is 9.70. The van der Waals surface area contributed by atoms with Crippen molar-refractivity contribution in [3.63, 3.8) is 0 Å². The van der Waals surface area contributed by atoms with Gasteiger partial charge in [-0.1, -0.05) is 62.0 Å². The molecule has 3 heteroatoms. The van der Waals surface area contributed by atoms with E-state index in [1.165, 1.54) is 12.8 Å². The van der Waals surface area contributed by atoms with E-state index in [-0.39, 0.29) is 5.54 Å². The van der Waals surface area contributed by atoms with Crippen LogP contribution in [0, 0.1) is 11.8 Å². The van der Waals surface area contributed by atoms with Crippen LogP contribution in [0.5, 0.6) is 0 Å². The summed E-state index contributed by atoms with van der Waals surface area (Å²) >= 11 is 12.4. The van der Waals surface area contributed by atoms with Crippen LogP contribution in [-0.4, -0.2) is 5.54 Å². The van der Waals surface area contributed by atoms with Gasteiger partial charge in [-0.2, -0.15) is 0 Å². The Morgan fingerprint density at radius 2 is 2.11 bits per heavy atom. The SMILES string of the molecule is CC(C)C1CCCC(N)(Cc2cccc(Cl)c2Cl)C1. The second-order valence-corrected chi connectivity index (χ2v) is 7.14. The van der Waals surface area contributed by atoms with Crippen molar-refractivity contribution in [3.8, 4) is 0 Å². The van der Waals surface area contributed by atoms with Gasteiger partial charge in [-0.05, 0) is 42.7 Å². The first kappa shape index (κ1) is 15.2. The fourth-order valence-electron chi connectivity index (χ4n) is 3.24. The maximum Gasteiger partial charge on any atom is 0.0624 e. The molecule has 0 bridgehead atoms. The predicted octanol–water partition coefficient (Wildman–Crippen LogP) is 5.08. The lowest BCUT2D eigenvalue weighted by molar-refractivity contribution is 0.182. The number of benzene rings is 1. The zero-order valence-electron chi connectivity index (χ0n) is 11.8. The van der Waals surface area contributed by atoms with Crippen molar-refractivity contribution in [2.45, 2.75) is 51.5 Å². The molecule has 2 N–H and O–H groups in total. The standard InChI is InChI=1S/C16H23Cl2N/c1-11(2)12-6-4-8-16(19,9-12)10-13-5-3-7-14(17)15(13)18/h3,5,7,11-12H,4,6,8-10,19H2,1-2H3. The van der Waals surface area contributed by atoms with Gasteiger partial charge >= 0.3 is 0 Å². The molecule has 19 heavy (non-hydrogen) atoms. The van der Waals surface area contributed by atoms with E-state index in [9.17, 15) is 0 Å². The van der Waals surface area contributed by atoms with Gasteiger partial charge in [0.05, 0.1) is 10.0 Å². The minimum absolute atomic E-state index is 0.124. The molecule has 0 spiro atoms. The van der Waals surface area contributed by atoms with Gasteiger partial charge in [0.25, 0.3) is 0 Å². The quantitative estimate of drug-likeness (QED) is 0.827. The number of hydrogen-bond acceptors (Lipinski definition) is 1. The molecule has 1 aromatic rings. The van der Waals surface area contributed by atoms with Crippen LogP contribution in [0.4, 0.5) is 0 Å². The normalized spacial score (nSPS) is 27.8. The first-order chi connectivity index (χ1) is 8.91. The molecule has 2 rings (SSSR count). The molecular formula is C16H23Cl2N. The van der Waals surface area contributed by atoms with Crippen molar-refractivity contribution in [2.75, 3.05) is 0 Å². The van der Waals surface area contributed by atoms with Crippen molar-refractivity contribution < 1.29 is 0 Å². The highest BCUT2D eigenvalue weighted by Crippen LogP contribution is 2.38. The molecule has 2 unspecified atom stereocenters. The Morgan fingerprint density at radius 1 is 1.37 bits per heavy atom. The zero-order valence-corrected chi connectivity index (χ0v) is 13.3. The van der Waals surface area contributed by atoms with Crippen LogP contribution in [0.15, 0.2) is 18.2 Å². The van der Waals surface area contributed by atoms with E-state index < -0.39 is 0 Å². The molecule has 106 valence electrons. The van der Waals surface area contributed by atoms with Gasteiger partial charge in [-0.25, -0.2) is 0 Å². The Bertz CT molecular complexity index is 444. The van der Waals surface area contributed by atoms with Crippen molar-refractivity contribution in [1.82, 2.24) is 0 Å². The Balaban J connectivity index is 2.14. The van der Waals surface area contributed by atoms with Crippen LogP contribution in [-0.2, 0) is 6.42 Å². The van der Waals surface area contributed by atoms with E-state index in [0.717, 1.165) is 30.7 Å². The predicted molar refractivity (Wildman–Crippen MR) is 83.9 cm³/mol. The average molecular weight is 300 g/mol. The molecule has 0 saturated heterocycles. The Morgan fingerprint density at radius 3 is 2.79 bits per heavy atom. The van der Waals surface area contributed by atoms with E-state index in [4.69, 9.17) is 28.9 Å². The highest BCUT2D eigenvalue weighted by atomic mass is 35.5. The van der Waals surface area contributed by atoms with Crippen molar-refractivity contribution >= 4 is 23.2 Å². The summed E-state index contributed by atoms with van der Waals surface area (Å²) in [6, 6.07) is 5.83. The summed E-state index contributed by atoms with van der Waals surface area (Å²) < 4.78 is 0. The van der Waals surface area contributed by atoms with Crippen LogP contribution in [0.1, 0.15) is 45.1 Å². The third-order valence-corrected chi connectivity index (χ3v) is 5.29. The third-order valence-electron chi connectivity index (χ3n) is 4.44. The largest absolute Gasteiger partial charge is 0.325 e. The van der Waals surface area contributed by atoms with Crippen LogP contribution in [0.2, 0.25) is 10.0 Å². The van der Waals surface area contributed by atoms with Gasteiger partial charge in [0, 0.05) is 5.54 Å². The highest BCUT2D eigenvalue weighted by Gasteiger charge is 2.34. The van der Waals surface area contributed by atoms with E-state index in [1.807, 2.05) is 18.2 Å². The van der Waals surface area contributed by atoms with Crippen LogP contribution in [0.3, 0.4) is 0 Å². The highest BCUT2D eigenvalue weighted by molar-refractivity contribution is 6.42. The van der Waals surface area contributed by atoms with Gasteiger partial charge in [0.2, 0.25) is 0 Å². The third kappa shape index (κ3) is 3.65. The molecular weight excluding hydrogens is 277 g/mol. The molecule has 1 aliphatic rings. The van der Waals surface area contributed by atoms with E-state index in [1.54, 1.807) is 0 Å². The Labute approximate surface area is 126 Å². The van der Waals surface area contributed by atoms with Crippen molar-refractivity contribution in [1.29, 1.82) is 0 Å². The summed E-state index contributed by atoms with van der Waals surface area (Å²) in [6.07, 6.45) is 5.53. The van der Waals surface area contributed by atoms with Gasteiger partial charge < -0.3 is 5.73 Å².